The van der Waals surface area contributed by atoms with Crippen molar-refractivity contribution in [2.24, 2.45) is 0 Å². The predicted molar refractivity (Wildman–Crippen MR) is 48.8 cm³/mol. The van der Waals surface area contributed by atoms with Crippen LogP contribution in [0.2, 0.25) is 5.02 Å². The Hall–Kier alpha value is -1.13. The average Bonchev–Trinajstić information content (AvgIpc) is 2.09. The van der Waals surface area contributed by atoms with Gasteiger partial charge in [-0.2, -0.15) is 0 Å². The third-order valence-corrected chi connectivity index (χ3v) is 2.32. The van der Waals surface area contributed by atoms with E-state index in [1.165, 1.54) is 12.1 Å². The molecule has 70 valence electrons. The van der Waals surface area contributed by atoms with Crippen molar-refractivity contribution in [1.82, 2.24) is 0 Å². The van der Waals surface area contributed by atoms with Crippen molar-refractivity contribution in [3.8, 4) is 0 Å². The van der Waals surface area contributed by atoms with E-state index < -0.39 is 4.92 Å². The van der Waals surface area contributed by atoms with Gasteiger partial charge in [-0.15, -0.1) is 0 Å². The maximum Gasteiger partial charge on any atom is 0.288 e. The van der Waals surface area contributed by atoms with E-state index in [1.807, 2.05) is 0 Å². The smallest absolute Gasteiger partial charge is 0.288 e. The lowest BCUT2D eigenvalue weighted by Crippen LogP contribution is -1.95. The molecule has 0 heterocycles. The highest BCUT2D eigenvalue weighted by molar-refractivity contribution is 6.33. The highest BCUT2D eigenvalue weighted by Crippen LogP contribution is 2.29. The zero-order valence-electron chi connectivity index (χ0n) is 6.95. The maximum atomic E-state index is 10.4. The van der Waals surface area contributed by atoms with E-state index >= 15 is 0 Å². The molecular formula is C8H8ClNO3. The molecule has 0 aliphatic carbocycles. The fourth-order valence-corrected chi connectivity index (χ4v) is 1.28. The van der Waals surface area contributed by atoms with Crippen molar-refractivity contribution in [2.75, 3.05) is 0 Å². The van der Waals surface area contributed by atoms with Gasteiger partial charge in [-0.3, -0.25) is 10.1 Å². The highest BCUT2D eigenvalue weighted by Gasteiger charge is 2.15. The van der Waals surface area contributed by atoms with Crippen molar-refractivity contribution in [1.29, 1.82) is 0 Å². The topological polar surface area (TPSA) is 63.4 Å². The Labute approximate surface area is 79.9 Å². The fraction of sp³-hybridized carbons (Fsp3) is 0.250. The third kappa shape index (κ3) is 1.79. The van der Waals surface area contributed by atoms with Gasteiger partial charge < -0.3 is 5.11 Å². The quantitative estimate of drug-likeness (QED) is 0.588. The Balaban J connectivity index is 3.31. The third-order valence-electron chi connectivity index (χ3n) is 1.85. The fourth-order valence-electron chi connectivity index (χ4n) is 1.02. The molecule has 0 bridgehead atoms. The normalized spacial score (nSPS) is 10.1. The summed E-state index contributed by atoms with van der Waals surface area (Å²) in [6, 6.07) is 2.79. The molecule has 1 N–H and O–H groups in total. The lowest BCUT2D eigenvalue weighted by Gasteiger charge is -2.04. The van der Waals surface area contributed by atoms with Crippen molar-refractivity contribution >= 4 is 17.3 Å². The summed E-state index contributed by atoms with van der Waals surface area (Å²) in [6.45, 7) is 1.48. The summed E-state index contributed by atoms with van der Waals surface area (Å²) in [5.74, 6) is 0. The lowest BCUT2D eigenvalue weighted by molar-refractivity contribution is -0.384. The number of hydrogen-bond acceptors (Lipinski definition) is 3. The van der Waals surface area contributed by atoms with Crippen LogP contribution in [0.15, 0.2) is 12.1 Å². The molecule has 1 aromatic carbocycles. The number of rotatable bonds is 2. The van der Waals surface area contributed by atoms with Crippen LogP contribution in [0.3, 0.4) is 0 Å². The summed E-state index contributed by atoms with van der Waals surface area (Å²) < 4.78 is 0. The molecule has 0 aliphatic rings. The van der Waals surface area contributed by atoms with E-state index in [2.05, 4.69) is 0 Å². The van der Waals surface area contributed by atoms with Gasteiger partial charge in [0.2, 0.25) is 0 Å². The van der Waals surface area contributed by atoms with Crippen LogP contribution in [0.1, 0.15) is 11.1 Å². The number of aliphatic hydroxyl groups excluding tert-OH is 1. The second-order valence-electron chi connectivity index (χ2n) is 2.60. The van der Waals surface area contributed by atoms with Crippen molar-refractivity contribution in [2.45, 2.75) is 13.5 Å². The van der Waals surface area contributed by atoms with E-state index in [0.29, 0.717) is 11.1 Å². The van der Waals surface area contributed by atoms with Gasteiger partial charge in [-0.25, -0.2) is 0 Å². The van der Waals surface area contributed by atoms with E-state index in [0.717, 1.165) is 0 Å². The molecule has 0 aromatic heterocycles. The van der Waals surface area contributed by atoms with Crippen molar-refractivity contribution in [3.63, 3.8) is 0 Å². The highest BCUT2D eigenvalue weighted by atomic mass is 35.5. The zero-order chi connectivity index (χ0) is 10.0. The first kappa shape index (κ1) is 9.95. The van der Waals surface area contributed by atoms with Gasteiger partial charge in [-0.05, 0) is 24.1 Å². The standard InChI is InChI=1S/C8H8ClNO3/c1-5-6(4-11)2-3-7(8(5)9)10(12)13/h2-3,11H,4H2,1H3. The first-order chi connectivity index (χ1) is 6.07. The van der Waals surface area contributed by atoms with Crippen LogP contribution in [-0.2, 0) is 6.61 Å². The van der Waals surface area contributed by atoms with Crippen LogP contribution in [0.25, 0.3) is 0 Å². The molecule has 0 aliphatic heterocycles. The minimum absolute atomic E-state index is 0.0940. The first-order valence-corrected chi connectivity index (χ1v) is 3.99. The maximum absolute atomic E-state index is 10.4. The van der Waals surface area contributed by atoms with E-state index in [-0.39, 0.29) is 17.3 Å². The molecule has 0 saturated carbocycles. The molecule has 0 atom stereocenters. The lowest BCUT2D eigenvalue weighted by atomic mass is 10.1. The van der Waals surface area contributed by atoms with Crippen molar-refractivity contribution in [3.05, 3.63) is 38.4 Å². The number of nitro groups is 1. The summed E-state index contributed by atoms with van der Waals surface area (Å²) in [5.41, 5.74) is 1.03. The summed E-state index contributed by atoms with van der Waals surface area (Å²) in [5, 5.41) is 19.4. The van der Waals surface area contributed by atoms with Gasteiger partial charge in [0.15, 0.2) is 0 Å². The number of aliphatic hydroxyl groups is 1. The van der Waals surface area contributed by atoms with E-state index in [1.54, 1.807) is 6.92 Å². The first-order valence-electron chi connectivity index (χ1n) is 3.61. The van der Waals surface area contributed by atoms with Gasteiger partial charge in [0.1, 0.15) is 5.02 Å². The Kier molecular flexibility index (Phi) is 2.85. The van der Waals surface area contributed by atoms with Gasteiger partial charge in [0, 0.05) is 6.07 Å². The van der Waals surface area contributed by atoms with Gasteiger partial charge in [0.05, 0.1) is 11.5 Å². The number of hydrogen-bond donors (Lipinski definition) is 1. The molecule has 5 heteroatoms. The Bertz CT molecular complexity index is 351. The number of nitro benzene ring substituents is 1. The predicted octanol–water partition coefficient (Wildman–Crippen LogP) is 2.05. The van der Waals surface area contributed by atoms with Gasteiger partial charge in [-0.1, -0.05) is 11.6 Å². The molecule has 1 aromatic rings. The second-order valence-corrected chi connectivity index (χ2v) is 2.98. The molecular weight excluding hydrogens is 194 g/mol. The number of nitrogens with zero attached hydrogens (tertiary/aromatic N) is 1. The molecule has 0 spiro atoms. The summed E-state index contributed by atoms with van der Waals surface area (Å²) >= 11 is 5.72. The number of benzene rings is 1. The molecule has 0 fully saturated rings. The monoisotopic (exact) mass is 201 g/mol. The van der Waals surface area contributed by atoms with Crippen LogP contribution >= 0.6 is 11.6 Å². The molecule has 13 heavy (non-hydrogen) atoms. The van der Waals surface area contributed by atoms with E-state index in [4.69, 9.17) is 16.7 Å². The van der Waals surface area contributed by atoms with Crippen LogP contribution in [-0.4, -0.2) is 10.0 Å². The molecule has 1 rings (SSSR count). The van der Waals surface area contributed by atoms with E-state index in [9.17, 15) is 10.1 Å². The SMILES string of the molecule is Cc1c(CO)ccc([N+](=O)[O-])c1Cl. The Morgan fingerprint density at radius 3 is 2.69 bits per heavy atom. The molecule has 0 amide bonds. The molecule has 0 saturated heterocycles. The Morgan fingerprint density at radius 1 is 1.62 bits per heavy atom. The van der Waals surface area contributed by atoms with Gasteiger partial charge >= 0.3 is 0 Å². The van der Waals surface area contributed by atoms with Crippen LogP contribution < -0.4 is 0 Å². The van der Waals surface area contributed by atoms with Gasteiger partial charge in [0.25, 0.3) is 5.69 Å². The summed E-state index contributed by atoms with van der Waals surface area (Å²) in [7, 11) is 0. The minimum atomic E-state index is -0.545. The second kappa shape index (κ2) is 3.72. The van der Waals surface area contributed by atoms with Crippen LogP contribution in [0.4, 0.5) is 5.69 Å². The molecule has 4 nitrogen and oxygen atoms in total. The largest absolute Gasteiger partial charge is 0.392 e. The Morgan fingerprint density at radius 2 is 2.23 bits per heavy atom. The van der Waals surface area contributed by atoms with Crippen LogP contribution in [0, 0.1) is 17.0 Å². The van der Waals surface area contributed by atoms with Crippen LogP contribution in [0.5, 0.6) is 0 Å². The average molecular weight is 202 g/mol. The summed E-state index contributed by atoms with van der Waals surface area (Å²) in [4.78, 5) is 9.89. The number of halogens is 1. The minimum Gasteiger partial charge on any atom is -0.392 e. The molecule has 0 unspecified atom stereocenters. The summed E-state index contributed by atoms with van der Waals surface area (Å²) in [6.07, 6.45) is 0. The zero-order valence-corrected chi connectivity index (χ0v) is 7.71. The molecule has 0 radical (unpaired) electrons. The van der Waals surface area contributed by atoms with Crippen molar-refractivity contribution < 1.29 is 10.0 Å².